The molecule has 3 rings (SSSR count). The molecule has 2 amide bonds. The van der Waals surface area contributed by atoms with Crippen LogP contribution in [-0.4, -0.2) is 42.1 Å². The first-order valence-corrected chi connectivity index (χ1v) is 11.6. The summed E-state index contributed by atoms with van der Waals surface area (Å²) in [5.41, 5.74) is 1.35. The number of amides is 2. The molecular weight excluding hydrogens is 406 g/mol. The highest BCUT2D eigenvalue weighted by molar-refractivity contribution is 5.92. The van der Waals surface area contributed by atoms with Crippen molar-refractivity contribution in [2.45, 2.75) is 58.9 Å². The fraction of sp³-hybridized carbons (Fsp3) is 0.560. The largest absolute Gasteiger partial charge is 0.497 e. The predicted molar refractivity (Wildman–Crippen MR) is 122 cm³/mol. The van der Waals surface area contributed by atoms with E-state index in [1.165, 1.54) is 6.42 Å². The number of methoxy groups -OCH3 is 1. The Kier molecular flexibility index (Phi) is 8.71. The molecule has 7 heteroatoms. The molecule has 1 saturated carbocycles. The van der Waals surface area contributed by atoms with Gasteiger partial charge in [-0.1, -0.05) is 50.4 Å². The third kappa shape index (κ3) is 6.84. The monoisotopic (exact) mass is 441 g/mol. The topological polar surface area (TPSA) is 84.7 Å². The molecule has 174 valence electrons. The van der Waals surface area contributed by atoms with E-state index in [1.807, 2.05) is 29.2 Å². The lowest BCUT2D eigenvalue weighted by molar-refractivity contribution is -0.138. The zero-order chi connectivity index (χ0) is 22.9. The van der Waals surface area contributed by atoms with Crippen LogP contribution in [0.1, 0.15) is 67.8 Å². The van der Waals surface area contributed by atoms with Crippen molar-refractivity contribution >= 4 is 11.8 Å². The first-order chi connectivity index (χ1) is 15.5. The van der Waals surface area contributed by atoms with Gasteiger partial charge in [0.25, 0.3) is 5.91 Å². The number of carbonyl (C=O) groups is 2. The number of hydrogen-bond acceptors (Lipinski definition) is 5. The van der Waals surface area contributed by atoms with E-state index in [9.17, 15) is 9.59 Å². The summed E-state index contributed by atoms with van der Waals surface area (Å²) < 4.78 is 10.6. The lowest BCUT2D eigenvalue weighted by Crippen LogP contribution is -2.38. The van der Waals surface area contributed by atoms with Crippen molar-refractivity contribution in [2.75, 3.05) is 20.2 Å². The minimum Gasteiger partial charge on any atom is -0.497 e. The summed E-state index contributed by atoms with van der Waals surface area (Å²) in [6, 6.07) is 9.40. The van der Waals surface area contributed by atoms with E-state index in [0.717, 1.165) is 37.0 Å². The first kappa shape index (κ1) is 23.8. The van der Waals surface area contributed by atoms with E-state index in [-0.39, 0.29) is 23.4 Å². The van der Waals surface area contributed by atoms with Crippen LogP contribution in [0.4, 0.5) is 0 Å². The van der Waals surface area contributed by atoms with Crippen molar-refractivity contribution in [1.29, 1.82) is 0 Å². The molecule has 0 atom stereocenters. The Hall–Kier alpha value is -2.83. The second kappa shape index (κ2) is 11.7. The van der Waals surface area contributed by atoms with E-state index < -0.39 is 0 Å². The average molecular weight is 442 g/mol. The number of benzene rings is 1. The number of aromatic nitrogens is 1. The van der Waals surface area contributed by atoms with Crippen LogP contribution < -0.4 is 10.1 Å². The molecule has 0 saturated heterocycles. The van der Waals surface area contributed by atoms with Crippen LogP contribution in [0.3, 0.4) is 0 Å². The summed E-state index contributed by atoms with van der Waals surface area (Å²) in [6.45, 7) is 5.71. The van der Waals surface area contributed by atoms with Gasteiger partial charge in [0, 0.05) is 25.1 Å². The van der Waals surface area contributed by atoms with Gasteiger partial charge in [0.1, 0.15) is 5.75 Å². The zero-order valence-electron chi connectivity index (χ0n) is 19.4. The van der Waals surface area contributed by atoms with Crippen LogP contribution in [0.2, 0.25) is 0 Å². The van der Waals surface area contributed by atoms with Gasteiger partial charge in [-0.2, -0.15) is 0 Å². The van der Waals surface area contributed by atoms with Gasteiger partial charge in [0.15, 0.2) is 11.5 Å². The molecule has 1 fully saturated rings. The molecule has 32 heavy (non-hydrogen) atoms. The fourth-order valence-corrected chi connectivity index (χ4v) is 4.17. The van der Waals surface area contributed by atoms with Gasteiger partial charge in [-0.15, -0.1) is 0 Å². The van der Waals surface area contributed by atoms with Gasteiger partial charge in [-0.25, -0.2) is 0 Å². The normalized spacial score (nSPS) is 14.4. The Morgan fingerprint density at radius 3 is 2.56 bits per heavy atom. The molecule has 1 aliphatic rings. The van der Waals surface area contributed by atoms with E-state index in [4.69, 9.17) is 9.26 Å². The van der Waals surface area contributed by atoms with Crippen molar-refractivity contribution in [1.82, 2.24) is 15.4 Å². The van der Waals surface area contributed by atoms with Gasteiger partial charge >= 0.3 is 0 Å². The number of carbonyl (C=O) groups excluding carboxylic acids is 2. The lowest BCUT2D eigenvalue weighted by atomic mass is 9.88. The minimum absolute atomic E-state index is 0.103. The number of ether oxygens (including phenoxy) is 1. The minimum atomic E-state index is -0.275. The van der Waals surface area contributed by atoms with Crippen LogP contribution >= 0.6 is 0 Å². The Labute approximate surface area is 190 Å². The molecule has 0 spiro atoms. The molecule has 2 aromatic rings. The van der Waals surface area contributed by atoms with Gasteiger partial charge in [-0.3, -0.25) is 9.59 Å². The summed E-state index contributed by atoms with van der Waals surface area (Å²) in [4.78, 5) is 27.4. The van der Waals surface area contributed by atoms with E-state index in [2.05, 4.69) is 24.3 Å². The predicted octanol–water partition coefficient (Wildman–Crippen LogP) is 4.22. The Morgan fingerprint density at radius 2 is 1.91 bits per heavy atom. The van der Waals surface area contributed by atoms with E-state index in [0.29, 0.717) is 37.7 Å². The third-order valence-corrected chi connectivity index (χ3v) is 5.85. The molecule has 7 nitrogen and oxygen atoms in total. The van der Waals surface area contributed by atoms with Gasteiger partial charge in [0.05, 0.1) is 13.7 Å². The third-order valence-electron chi connectivity index (χ3n) is 5.85. The molecule has 1 heterocycles. The quantitative estimate of drug-likeness (QED) is 0.597. The smallest absolute Gasteiger partial charge is 0.273 e. The molecule has 0 radical (unpaired) electrons. The highest BCUT2D eigenvalue weighted by Gasteiger charge is 2.27. The summed E-state index contributed by atoms with van der Waals surface area (Å²) in [5, 5.41) is 6.80. The summed E-state index contributed by atoms with van der Waals surface area (Å²) in [7, 11) is 1.63. The van der Waals surface area contributed by atoms with Crippen molar-refractivity contribution in [2.24, 2.45) is 11.8 Å². The number of nitrogens with zero attached hydrogens (tertiary/aromatic N) is 2. The summed E-state index contributed by atoms with van der Waals surface area (Å²) >= 11 is 0. The molecular formula is C25H35N3O4. The lowest BCUT2D eigenvalue weighted by Gasteiger charge is -2.29. The number of nitrogens with one attached hydrogen (secondary N) is 1. The molecule has 0 bridgehead atoms. The summed E-state index contributed by atoms with van der Waals surface area (Å²) in [6.07, 6.45) is 6.09. The fourth-order valence-electron chi connectivity index (χ4n) is 4.17. The maximum absolute atomic E-state index is 13.1. The maximum Gasteiger partial charge on any atom is 0.273 e. The van der Waals surface area contributed by atoms with E-state index >= 15 is 0 Å². The maximum atomic E-state index is 13.1. The molecule has 0 aliphatic heterocycles. The van der Waals surface area contributed by atoms with Crippen LogP contribution in [0.5, 0.6) is 5.75 Å². The van der Waals surface area contributed by atoms with Crippen molar-refractivity contribution < 1.29 is 18.8 Å². The van der Waals surface area contributed by atoms with Gasteiger partial charge < -0.3 is 19.5 Å². The Morgan fingerprint density at radius 1 is 1.19 bits per heavy atom. The van der Waals surface area contributed by atoms with Crippen LogP contribution in [0.15, 0.2) is 34.9 Å². The van der Waals surface area contributed by atoms with Crippen molar-refractivity contribution in [3.05, 3.63) is 47.3 Å². The average Bonchev–Trinajstić information content (AvgIpc) is 3.27. The van der Waals surface area contributed by atoms with Gasteiger partial charge in [-0.05, 0) is 42.9 Å². The number of hydrogen-bond donors (Lipinski definition) is 1. The summed E-state index contributed by atoms with van der Waals surface area (Å²) in [5.74, 6) is 1.72. The molecule has 1 aliphatic carbocycles. The van der Waals surface area contributed by atoms with Crippen LogP contribution in [-0.2, 0) is 17.8 Å². The SMILES string of the molecule is COc1ccc(CCNC(=O)c2cc(CN(CC(C)C)C(=O)C3CCCCC3)on2)cc1. The van der Waals surface area contributed by atoms with Crippen molar-refractivity contribution in [3.8, 4) is 5.75 Å². The Bertz CT molecular complexity index is 870. The highest BCUT2D eigenvalue weighted by Crippen LogP contribution is 2.26. The second-order valence-electron chi connectivity index (χ2n) is 8.98. The second-order valence-corrected chi connectivity index (χ2v) is 8.98. The van der Waals surface area contributed by atoms with E-state index in [1.54, 1.807) is 13.2 Å². The molecule has 1 aromatic heterocycles. The first-order valence-electron chi connectivity index (χ1n) is 11.6. The highest BCUT2D eigenvalue weighted by atomic mass is 16.5. The van der Waals surface area contributed by atoms with Crippen molar-refractivity contribution in [3.63, 3.8) is 0 Å². The van der Waals surface area contributed by atoms with Crippen LogP contribution in [0, 0.1) is 11.8 Å². The molecule has 1 N–H and O–H groups in total. The number of rotatable bonds is 10. The standard InChI is InChI=1S/C25H35N3O4/c1-18(2)16-28(25(30)20-7-5-4-6-8-20)17-22-15-23(27-32-22)24(29)26-14-13-19-9-11-21(31-3)12-10-19/h9-12,15,18,20H,4-8,13-14,16-17H2,1-3H3,(H,26,29). The zero-order valence-corrected chi connectivity index (χ0v) is 19.4. The molecule has 1 aromatic carbocycles. The molecule has 0 unspecified atom stereocenters. The Balaban J connectivity index is 1.53. The van der Waals surface area contributed by atoms with Gasteiger partial charge in [0.2, 0.25) is 5.91 Å². The van der Waals surface area contributed by atoms with Crippen LogP contribution in [0.25, 0.3) is 0 Å².